The van der Waals surface area contributed by atoms with E-state index in [-0.39, 0.29) is 6.61 Å². The second-order valence-corrected chi connectivity index (χ2v) is 4.94. The first-order valence-corrected chi connectivity index (χ1v) is 6.75. The molecule has 0 spiro atoms. The van der Waals surface area contributed by atoms with Crippen molar-refractivity contribution in [3.05, 3.63) is 53.7 Å². The molecule has 2 rings (SSSR count). The predicted molar refractivity (Wildman–Crippen MR) is 75.7 cm³/mol. The fraction of sp³-hybridized carbons (Fsp3) is 0.214. The van der Waals surface area contributed by atoms with Crippen molar-refractivity contribution in [1.82, 2.24) is 4.98 Å². The van der Waals surface area contributed by atoms with Gasteiger partial charge >= 0.3 is 0 Å². The van der Waals surface area contributed by atoms with Crippen LogP contribution in [0.4, 0.5) is 5.82 Å². The maximum absolute atomic E-state index is 8.96. The van der Waals surface area contributed by atoms with Crippen LogP contribution in [-0.2, 0) is 12.4 Å². The zero-order valence-corrected chi connectivity index (χ0v) is 11.1. The van der Waals surface area contributed by atoms with E-state index in [4.69, 9.17) is 5.11 Å². The summed E-state index contributed by atoms with van der Waals surface area (Å²) in [6.07, 6.45) is 1.89. The van der Waals surface area contributed by atoms with Crippen LogP contribution in [0.25, 0.3) is 0 Å². The Kier molecular flexibility index (Phi) is 4.61. The standard InChI is InChI=1S/C14H16N2OS/c1-15-14-7-4-12(8-16-14)10-18-13-5-2-11(9-17)3-6-13/h2-8,17H,9-10H2,1H3,(H,15,16). The predicted octanol–water partition coefficient (Wildman–Crippen LogP) is 2.91. The number of aromatic nitrogens is 1. The summed E-state index contributed by atoms with van der Waals surface area (Å²) in [5, 5.41) is 12.0. The van der Waals surface area contributed by atoms with E-state index in [1.807, 2.05) is 43.6 Å². The number of nitrogens with one attached hydrogen (secondary N) is 1. The van der Waals surface area contributed by atoms with E-state index in [9.17, 15) is 0 Å². The molecule has 3 nitrogen and oxygen atoms in total. The van der Waals surface area contributed by atoms with Crippen molar-refractivity contribution >= 4 is 17.6 Å². The molecule has 1 aromatic carbocycles. The van der Waals surface area contributed by atoms with Crippen molar-refractivity contribution < 1.29 is 5.11 Å². The first-order valence-electron chi connectivity index (χ1n) is 5.77. The minimum atomic E-state index is 0.0976. The summed E-state index contributed by atoms with van der Waals surface area (Å²) in [5.41, 5.74) is 2.14. The van der Waals surface area contributed by atoms with Crippen molar-refractivity contribution in [3.63, 3.8) is 0 Å². The number of aliphatic hydroxyl groups excluding tert-OH is 1. The van der Waals surface area contributed by atoms with Crippen molar-refractivity contribution in [2.24, 2.45) is 0 Å². The van der Waals surface area contributed by atoms with Gasteiger partial charge in [0.2, 0.25) is 0 Å². The number of pyridine rings is 1. The third-order valence-corrected chi connectivity index (χ3v) is 3.68. The number of nitrogens with zero attached hydrogens (tertiary/aromatic N) is 1. The number of aliphatic hydroxyl groups is 1. The SMILES string of the molecule is CNc1ccc(CSc2ccc(CO)cc2)cn1. The lowest BCUT2D eigenvalue weighted by Gasteiger charge is -2.04. The molecule has 0 radical (unpaired) electrons. The first-order chi connectivity index (χ1) is 8.81. The summed E-state index contributed by atoms with van der Waals surface area (Å²) < 4.78 is 0. The van der Waals surface area contributed by atoms with Gasteiger partial charge in [0.05, 0.1) is 6.61 Å². The molecule has 1 heterocycles. The first kappa shape index (κ1) is 12.9. The van der Waals surface area contributed by atoms with Crippen molar-refractivity contribution in [1.29, 1.82) is 0 Å². The molecule has 2 N–H and O–H groups in total. The lowest BCUT2D eigenvalue weighted by Crippen LogP contribution is -1.92. The second-order valence-electron chi connectivity index (χ2n) is 3.89. The van der Waals surface area contributed by atoms with Gasteiger partial charge in [-0.05, 0) is 29.3 Å². The van der Waals surface area contributed by atoms with E-state index in [1.54, 1.807) is 11.8 Å². The highest BCUT2D eigenvalue weighted by molar-refractivity contribution is 7.98. The number of hydrogen-bond acceptors (Lipinski definition) is 4. The molecular formula is C14H16N2OS. The van der Waals surface area contributed by atoms with Crippen LogP contribution in [-0.4, -0.2) is 17.1 Å². The van der Waals surface area contributed by atoms with E-state index in [2.05, 4.69) is 16.4 Å². The van der Waals surface area contributed by atoms with Crippen LogP contribution in [0.3, 0.4) is 0 Å². The van der Waals surface area contributed by atoms with E-state index < -0.39 is 0 Å². The maximum atomic E-state index is 8.96. The number of rotatable bonds is 5. The molecular weight excluding hydrogens is 244 g/mol. The van der Waals surface area contributed by atoms with E-state index >= 15 is 0 Å². The fourth-order valence-electron chi connectivity index (χ4n) is 1.52. The topological polar surface area (TPSA) is 45.1 Å². The van der Waals surface area contributed by atoms with Gasteiger partial charge in [0.25, 0.3) is 0 Å². The van der Waals surface area contributed by atoms with Crippen molar-refractivity contribution in [3.8, 4) is 0 Å². The number of anilines is 1. The Bertz CT molecular complexity index is 435. The summed E-state index contributed by atoms with van der Waals surface area (Å²) >= 11 is 1.76. The summed E-state index contributed by atoms with van der Waals surface area (Å²) in [6, 6.07) is 12.0. The van der Waals surface area contributed by atoms with E-state index in [0.717, 1.165) is 17.1 Å². The van der Waals surface area contributed by atoms with Crippen LogP contribution < -0.4 is 5.32 Å². The van der Waals surface area contributed by atoms with Gasteiger partial charge < -0.3 is 10.4 Å². The molecule has 0 saturated carbocycles. The van der Waals surface area contributed by atoms with Gasteiger partial charge in [0.1, 0.15) is 5.82 Å². The Morgan fingerprint density at radius 2 is 1.83 bits per heavy atom. The zero-order chi connectivity index (χ0) is 12.8. The number of benzene rings is 1. The van der Waals surface area contributed by atoms with E-state index in [0.29, 0.717) is 0 Å². The highest BCUT2D eigenvalue weighted by Crippen LogP contribution is 2.23. The Balaban J connectivity index is 1.93. The van der Waals surface area contributed by atoms with Crippen molar-refractivity contribution in [2.75, 3.05) is 12.4 Å². The van der Waals surface area contributed by atoms with Gasteiger partial charge in [-0.2, -0.15) is 0 Å². The molecule has 0 amide bonds. The Morgan fingerprint density at radius 1 is 1.11 bits per heavy atom. The quantitative estimate of drug-likeness (QED) is 0.811. The molecule has 2 aromatic rings. The van der Waals surface area contributed by atoms with Gasteiger partial charge in [0.15, 0.2) is 0 Å². The molecule has 0 bridgehead atoms. The Morgan fingerprint density at radius 3 is 2.39 bits per heavy atom. The second kappa shape index (κ2) is 6.42. The summed E-state index contributed by atoms with van der Waals surface area (Å²) in [5.74, 6) is 1.78. The minimum Gasteiger partial charge on any atom is -0.392 e. The Hall–Kier alpha value is -1.52. The molecule has 1 aromatic heterocycles. The molecule has 0 aliphatic carbocycles. The molecule has 0 aliphatic rings. The van der Waals surface area contributed by atoms with Crippen molar-refractivity contribution in [2.45, 2.75) is 17.3 Å². The van der Waals surface area contributed by atoms with Crippen LogP contribution >= 0.6 is 11.8 Å². The molecule has 0 fully saturated rings. The van der Waals surface area contributed by atoms with E-state index in [1.165, 1.54) is 10.5 Å². The zero-order valence-electron chi connectivity index (χ0n) is 10.3. The molecule has 0 aliphatic heterocycles. The van der Waals surface area contributed by atoms with Gasteiger partial charge in [-0.1, -0.05) is 18.2 Å². The van der Waals surface area contributed by atoms with Gasteiger partial charge in [0, 0.05) is 23.9 Å². The third-order valence-electron chi connectivity index (χ3n) is 2.59. The molecule has 0 saturated heterocycles. The van der Waals surface area contributed by atoms with Crippen LogP contribution in [0.5, 0.6) is 0 Å². The van der Waals surface area contributed by atoms with Gasteiger partial charge in [-0.3, -0.25) is 0 Å². The Labute approximate surface area is 111 Å². The molecule has 18 heavy (non-hydrogen) atoms. The number of hydrogen-bond donors (Lipinski definition) is 2. The monoisotopic (exact) mass is 260 g/mol. The molecule has 4 heteroatoms. The summed E-state index contributed by atoms with van der Waals surface area (Å²) in [7, 11) is 1.86. The highest BCUT2D eigenvalue weighted by atomic mass is 32.2. The lowest BCUT2D eigenvalue weighted by molar-refractivity contribution is 0.282. The largest absolute Gasteiger partial charge is 0.392 e. The minimum absolute atomic E-state index is 0.0976. The molecule has 94 valence electrons. The maximum Gasteiger partial charge on any atom is 0.125 e. The van der Waals surface area contributed by atoms with Crippen LogP contribution in [0.1, 0.15) is 11.1 Å². The third kappa shape index (κ3) is 3.48. The summed E-state index contributed by atoms with van der Waals surface area (Å²) in [4.78, 5) is 5.48. The fourth-order valence-corrected chi connectivity index (χ4v) is 2.35. The molecule has 0 atom stereocenters. The summed E-state index contributed by atoms with van der Waals surface area (Å²) in [6.45, 7) is 0.0976. The van der Waals surface area contributed by atoms with Gasteiger partial charge in [-0.25, -0.2) is 4.98 Å². The smallest absolute Gasteiger partial charge is 0.125 e. The lowest BCUT2D eigenvalue weighted by atomic mass is 10.2. The van der Waals surface area contributed by atoms with Crippen LogP contribution in [0.15, 0.2) is 47.5 Å². The van der Waals surface area contributed by atoms with Crippen LogP contribution in [0.2, 0.25) is 0 Å². The number of thioether (sulfide) groups is 1. The molecule has 0 unspecified atom stereocenters. The highest BCUT2D eigenvalue weighted by Gasteiger charge is 1.98. The van der Waals surface area contributed by atoms with Crippen LogP contribution in [0, 0.1) is 0 Å². The normalized spacial score (nSPS) is 10.3. The average Bonchev–Trinajstić information content (AvgIpc) is 2.46. The van der Waals surface area contributed by atoms with Gasteiger partial charge in [-0.15, -0.1) is 11.8 Å². The average molecular weight is 260 g/mol.